The molecule has 0 fully saturated rings. The quantitative estimate of drug-likeness (QED) is 0.790. The standard InChI is InChI=1S/C14H17BrN2O2S2/c1-10(2)16-9-12-8-13(14(15)20-12)21(18,19)17-11-6-4-3-5-7-11/h3-8,10,16-17H,9H2,1-2H3. The maximum absolute atomic E-state index is 12.4. The lowest BCUT2D eigenvalue weighted by atomic mass is 10.3. The van der Waals surface area contributed by atoms with Gasteiger partial charge in [-0.2, -0.15) is 0 Å². The molecule has 0 spiro atoms. The van der Waals surface area contributed by atoms with Crippen LogP contribution in [0.15, 0.2) is 45.1 Å². The molecule has 21 heavy (non-hydrogen) atoms. The van der Waals surface area contributed by atoms with Crippen LogP contribution in [0.1, 0.15) is 18.7 Å². The Bertz CT molecular complexity index is 697. The van der Waals surface area contributed by atoms with Gasteiger partial charge in [0.05, 0.1) is 3.79 Å². The van der Waals surface area contributed by atoms with Crippen molar-refractivity contribution in [3.05, 3.63) is 45.1 Å². The number of nitrogens with one attached hydrogen (secondary N) is 2. The topological polar surface area (TPSA) is 58.2 Å². The summed E-state index contributed by atoms with van der Waals surface area (Å²) in [5, 5.41) is 3.28. The maximum Gasteiger partial charge on any atom is 0.263 e. The van der Waals surface area contributed by atoms with E-state index in [9.17, 15) is 8.42 Å². The Balaban J connectivity index is 2.20. The minimum atomic E-state index is -3.58. The second kappa shape index (κ2) is 6.91. The van der Waals surface area contributed by atoms with Crippen LogP contribution in [0.3, 0.4) is 0 Å². The molecule has 0 bridgehead atoms. The molecular weight excluding hydrogens is 372 g/mol. The summed E-state index contributed by atoms with van der Waals surface area (Å²) >= 11 is 4.77. The summed E-state index contributed by atoms with van der Waals surface area (Å²) in [6.07, 6.45) is 0. The van der Waals surface area contributed by atoms with Gasteiger partial charge in [0.1, 0.15) is 4.90 Å². The van der Waals surface area contributed by atoms with Crippen molar-refractivity contribution in [2.75, 3.05) is 4.72 Å². The lowest BCUT2D eigenvalue weighted by Crippen LogP contribution is -2.21. The van der Waals surface area contributed by atoms with E-state index in [1.54, 1.807) is 30.3 Å². The van der Waals surface area contributed by atoms with Crippen LogP contribution < -0.4 is 10.0 Å². The van der Waals surface area contributed by atoms with Crippen LogP contribution in [0, 0.1) is 0 Å². The molecule has 0 saturated heterocycles. The van der Waals surface area contributed by atoms with E-state index < -0.39 is 10.0 Å². The summed E-state index contributed by atoms with van der Waals surface area (Å²) in [7, 11) is -3.58. The number of para-hydroxylation sites is 1. The molecule has 0 unspecified atom stereocenters. The lowest BCUT2D eigenvalue weighted by Gasteiger charge is -2.07. The van der Waals surface area contributed by atoms with Gasteiger partial charge >= 0.3 is 0 Å². The average molecular weight is 389 g/mol. The fourth-order valence-electron chi connectivity index (χ4n) is 1.69. The Hall–Kier alpha value is -0.890. The monoisotopic (exact) mass is 388 g/mol. The Kier molecular flexibility index (Phi) is 5.43. The number of halogens is 1. The zero-order chi connectivity index (χ0) is 15.5. The molecule has 1 heterocycles. The molecule has 2 N–H and O–H groups in total. The maximum atomic E-state index is 12.4. The highest BCUT2D eigenvalue weighted by Gasteiger charge is 2.21. The molecule has 7 heteroatoms. The number of hydrogen-bond donors (Lipinski definition) is 2. The van der Waals surface area contributed by atoms with Crippen LogP contribution in [-0.2, 0) is 16.6 Å². The van der Waals surface area contributed by atoms with Crippen LogP contribution in [-0.4, -0.2) is 14.5 Å². The Morgan fingerprint density at radius 3 is 2.52 bits per heavy atom. The number of benzene rings is 1. The van der Waals surface area contributed by atoms with Crippen molar-refractivity contribution in [1.29, 1.82) is 0 Å². The van der Waals surface area contributed by atoms with Crippen molar-refractivity contribution in [1.82, 2.24) is 5.32 Å². The smallest absolute Gasteiger partial charge is 0.263 e. The fraction of sp³-hybridized carbons (Fsp3) is 0.286. The normalized spacial score (nSPS) is 11.8. The highest BCUT2D eigenvalue weighted by Crippen LogP contribution is 2.32. The molecule has 0 radical (unpaired) electrons. The van der Waals surface area contributed by atoms with Gasteiger partial charge in [0.15, 0.2) is 0 Å². The molecular formula is C14H17BrN2O2S2. The summed E-state index contributed by atoms with van der Waals surface area (Å²) in [6, 6.07) is 10.9. The van der Waals surface area contributed by atoms with Gasteiger partial charge in [-0.05, 0) is 34.1 Å². The number of sulfonamides is 1. The first-order chi connectivity index (χ1) is 9.88. The average Bonchev–Trinajstić information content (AvgIpc) is 2.79. The third-order valence-electron chi connectivity index (χ3n) is 2.71. The lowest BCUT2D eigenvalue weighted by molar-refractivity contribution is 0.592. The summed E-state index contributed by atoms with van der Waals surface area (Å²) in [6.45, 7) is 4.76. The van der Waals surface area contributed by atoms with Gasteiger partial charge in [0.25, 0.3) is 10.0 Å². The third-order valence-corrected chi connectivity index (χ3v) is 6.34. The van der Waals surface area contributed by atoms with E-state index in [0.29, 0.717) is 22.1 Å². The largest absolute Gasteiger partial charge is 0.310 e. The summed E-state index contributed by atoms with van der Waals surface area (Å²) in [5.41, 5.74) is 0.553. The number of anilines is 1. The second-order valence-corrected chi connectivity index (χ2v) is 8.96. The van der Waals surface area contributed by atoms with E-state index in [0.717, 1.165) is 4.88 Å². The first kappa shape index (κ1) is 16.5. The minimum Gasteiger partial charge on any atom is -0.310 e. The predicted octanol–water partition coefficient (Wildman–Crippen LogP) is 3.81. The van der Waals surface area contributed by atoms with Crippen LogP contribution in [0.25, 0.3) is 0 Å². The van der Waals surface area contributed by atoms with Crippen LogP contribution >= 0.6 is 27.3 Å². The van der Waals surface area contributed by atoms with E-state index in [2.05, 4.69) is 39.8 Å². The third kappa shape index (κ3) is 4.54. The molecule has 4 nitrogen and oxygen atoms in total. The van der Waals surface area contributed by atoms with Crippen molar-refractivity contribution in [3.63, 3.8) is 0 Å². The van der Waals surface area contributed by atoms with Crippen LogP contribution in [0.4, 0.5) is 5.69 Å². The Labute approximate surface area is 137 Å². The van der Waals surface area contributed by atoms with Crippen molar-refractivity contribution in [2.45, 2.75) is 31.3 Å². The van der Waals surface area contributed by atoms with Crippen molar-refractivity contribution in [2.24, 2.45) is 0 Å². The molecule has 0 atom stereocenters. The number of thiophene rings is 1. The van der Waals surface area contributed by atoms with Crippen LogP contribution in [0.2, 0.25) is 0 Å². The second-order valence-electron chi connectivity index (χ2n) is 4.86. The van der Waals surface area contributed by atoms with E-state index in [-0.39, 0.29) is 4.90 Å². The van der Waals surface area contributed by atoms with Crippen molar-refractivity contribution >= 4 is 43.0 Å². The molecule has 2 rings (SSSR count). The fourth-order valence-corrected chi connectivity index (χ4v) is 5.38. The van der Waals surface area contributed by atoms with Gasteiger partial charge in [-0.25, -0.2) is 8.42 Å². The van der Waals surface area contributed by atoms with E-state index in [1.807, 2.05) is 6.07 Å². The van der Waals surface area contributed by atoms with Gasteiger partial charge in [0, 0.05) is 23.2 Å². The number of rotatable bonds is 6. The molecule has 0 aliphatic carbocycles. The van der Waals surface area contributed by atoms with Gasteiger partial charge < -0.3 is 5.32 Å². The molecule has 0 saturated carbocycles. The summed E-state index contributed by atoms with van der Waals surface area (Å²) < 4.78 is 28.0. The predicted molar refractivity (Wildman–Crippen MR) is 91.2 cm³/mol. The zero-order valence-corrected chi connectivity index (χ0v) is 15.0. The van der Waals surface area contributed by atoms with Crippen molar-refractivity contribution in [3.8, 4) is 0 Å². The molecule has 114 valence electrons. The molecule has 2 aromatic rings. The molecule has 1 aromatic heterocycles. The van der Waals surface area contributed by atoms with Crippen molar-refractivity contribution < 1.29 is 8.42 Å². The molecule has 0 amide bonds. The van der Waals surface area contributed by atoms with E-state index in [1.165, 1.54) is 11.3 Å². The summed E-state index contributed by atoms with van der Waals surface area (Å²) in [5.74, 6) is 0. The first-order valence-electron chi connectivity index (χ1n) is 6.48. The molecule has 0 aliphatic rings. The van der Waals surface area contributed by atoms with Gasteiger partial charge in [-0.15, -0.1) is 11.3 Å². The van der Waals surface area contributed by atoms with Crippen LogP contribution in [0.5, 0.6) is 0 Å². The van der Waals surface area contributed by atoms with E-state index >= 15 is 0 Å². The Morgan fingerprint density at radius 2 is 1.90 bits per heavy atom. The van der Waals surface area contributed by atoms with Gasteiger partial charge in [-0.1, -0.05) is 32.0 Å². The van der Waals surface area contributed by atoms with E-state index in [4.69, 9.17) is 0 Å². The first-order valence-corrected chi connectivity index (χ1v) is 9.57. The Morgan fingerprint density at radius 1 is 1.24 bits per heavy atom. The number of hydrogen-bond acceptors (Lipinski definition) is 4. The van der Waals surface area contributed by atoms with Gasteiger partial charge in [-0.3, -0.25) is 4.72 Å². The van der Waals surface area contributed by atoms with Gasteiger partial charge in [0.2, 0.25) is 0 Å². The molecule has 1 aromatic carbocycles. The highest BCUT2D eigenvalue weighted by molar-refractivity contribution is 9.11. The summed E-state index contributed by atoms with van der Waals surface area (Å²) in [4.78, 5) is 1.25. The minimum absolute atomic E-state index is 0.275. The SMILES string of the molecule is CC(C)NCc1cc(S(=O)(=O)Nc2ccccc2)c(Br)s1. The molecule has 0 aliphatic heterocycles. The zero-order valence-electron chi connectivity index (χ0n) is 11.8. The highest BCUT2D eigenvalue weighted by atomic mass is 79.9.